The molecule has 1 aromatic carbocycles. The van der Waals surface area contributed by atoms with Crippen molar-refractivity contribution < 1.29 is 9.53 Å². The maximum absolute atomic E-state index is 12.0. The van der Waals surface area contributed by atoms with E-state index in [9.17, 15) is 4.79 Å². The maximum atomic E-state index is 12.0. The van der Waals surface area contributed by atoms with E-state index in [2.05, 4.69) is 4.98 Å². The number of carbonyl (C=O) groups is 1. The average molecular weight is 256 g/mol. The molecular weight excluding hydrogens is 240 g/mol. The first-order chi connectivity index (χ1) is 9.18. The molecule has 4 nitrogen and oxygen atoms in total. The number of nitrogens with zero attached hydrogens (tertiary/aromatic N) is 1. The molecule has 1 heterocycles. The Morgan fingerprint density at radius 1 is 1.26 bits per heavy atom. The summed E-state index contributed by atoms with van der Waals surface area (Å²) in [7, 11) is 0. The van der Waals surface area contributed by atoms with Crippen LogP contribution in [0.3, 0.4) is 0 Å². The molecular formula is C15H16N2O2. The Labute approximate surface area is 112 Å². The first-order valence-electron chi connectivity index (χ1n) is 6.10. The number of aryl methyl sites for hydroxylation is 1. The molecule has 0 aliphatic rings. The predicted octanol–water partition coefficient (Wildman–Crippen LogP) is 2.37. The number of aromatic nitrogens is 1. The Kier molecular flexibility index (Phi) is 4.13. The van der Waals surface area contributed by atoms with Gasteiger partial charge in [-0.15, -0.1) is 0 Å². The van der Waals surface area contributed by atoms with Crippen LogP contribution in [-0.2, 0) is 11.2 Å². The van der Waals surface area contributed by atoms with E-state index in [0.29, 0.717) is 24.3 Å². The fraction of sp³-hybridized carbons (Fsp3) is 0.200. The largest absolute Gasteiger partial charge is 0.462 e. The van der Waals surface area contributed by atoms with Gasteiger partial charge in [-0.1, -0.05) is 18.2 Å². The number of pyridine rings is 1. The van der Waals surface area contributed by atoms with Gasteiger partial charge in [-0.3, -0.25) is 4.98 Å². The van der Waals surface area contributed by atoms with Crippen LogP contribution < -0.4 is 5.73 Å². The molecule has 0 saturated heterocycles. The van der Waals surface area contributed by atoms with E-state index >= 15 is 0 Å². The van der Waals surface area contributed by atoms with Gasteiger partial charge in [0.15, 0.2) is 0 Å². The monoisotopic (exact) mass is 256 g/mol. The summed E-state index contributed by atoms with van der Waals surface area (Å²) >= 11 is 0. The van der Waals surface area contributed by atoms with E-state index in [1.54, 1.807) is 12.3 Å². The summed E-state index contributed by atoms with van der Waals surface area (Å²) < 4.78 is 5.23. The van der Waals surface area contributed by atoms with Gasteiger partial charge in [0.1, 0.15) is 0 Å². The molecule has 0 unspecified atom stereocenters. The van der Waals surface area contributed by atoms with Gasteiger partial charge in [0.05, 0.1) is 12.2 Å². The maximum Gasteiger partial charge on any atom is 0.340 e. The number of rotatable bonds is 4. The van der Waals surface area contributed by atoms with E-state index in [1.165, 1.54) is 0 Å². The Morgan fingerprint density at radius 2 is 2.11 bits per heavy atom. The van der Waals surface area contributed by atoms with Gasteiger partial charge in [-0.25, -0.2) is 4.79 Å². The summed E-state index contributed by atoms with van der Waals surface area (Å²) in [5, 5.41) is 0. The molecule has 2 N–H and O–H groups in total. The zero-order valence-corrected chi connectivity index (χ0v) is 10.8. The molecule has 1 aromatic heterocycles. The van der Waals surface area contributed by atoms with Crippen molar-refractivity contribution in [2.24, 2.45) is 0 Å². The minimum atomic E-state index is -0.383. The highest BCUT2D eigenvalue weighted by Crippen LogP contribution is 2.17. The molecule has 0 radical (unpaired) electrons. The lowest BCUT2D eigenvalue weighted by Crippen LogP contribution is -2.12. The molecule has 0 atom stereocenters. The Balaban J connectivity index is 1.95. The van der Waals surface area contributed by atoms with Crippen molar-refractivity contribution in [3.05, 3.63) is 59.4 Å². The van der Waals surface area contributed by atoms with Crippen molar-refractivity contribution in [1.82, 2.24) is 4.98 Å². The van der Waals surface area contributed by atoms with Crippen LogP contribution >= 0.6 is 0 Å². The van der Waals surface area contributed by atoms with Gasteiger partial charge >= 0.3 is 5.97 Å². The highest BCUT2D eigenvalue weighted by Gasteiger charge is 2.13. The van der Waals surface area contributed by atoms with Crippen LogP contribution in [0.2, 0.25) is 0 Å². The fourth-order valence-electron chi connectivity index (χ4n) is 1.84. The second kappa shape index (κ2) is 6.00. The Bertz CT molecular complexity index is 547. The zero-order chi connectivity index (χ0) is 13.7. The molecule has 0 bridgehead atoms. The molecule has 0 amide bonds. The second-order valence-electron chi connectivity index (χ2n) is 4.25. The van der Waals surface area contributed by atoms with Crippen molar-refractivity contribution in [3.8, 4) is 0 Å². The fourth-order valence-corrected chi connectivity index (χ4v) is 1.84. The number of nitrogens with two attached hydrogens (primary N) is 1. The summed E-state index contributed by atoms with van der Waals surface area (Å²) in [5.41, 5.74) is 8.41. The summed E-state index contributed by atoms with van der Waals surface area (Å²) in [6.07, 6.45) is 2.31. The number of nitrogen functional groups attached to an aromatic ring is 1. The number of carbonyl (C=O) groups excluding carboxylic acids is 1. The van der Waals surface area contributed by atoms with Crippen LogP contribution in [0.15, 0.2) is 42.6 Å². The highest BCUT2D eigenvalue weighted by molar-refractivity contribution is 5.96. The number of benzene rings is 1. The summed E-state index contributed by atoms with van der Waals surface area (Å²) in [6.45, 7) is 2.13. The van der Waals surface area contributed by atoms with Gasteiger partial charge < -0.3 is 10.5 Å². The molecule has 0 aliphatic carbocycles. The lowest BCUT2D eigenvalue weighted by molar-refractivity contribution is 0.0509. The smallest absolute Gasteiger partial charge is 0.340 e. The van der Waals surface area contributed by atoms with E-state index in [1.807, 2.05) is 37.3 Å². The second-order valence-corrected chi connectivity index (χ2v) is 4.25. The van der Waals surface area contributed by atoms with Crippen LogP contribution in [-0.4, -0.2) is 17.6 Å². The lowest BCUT2D eigenvalue weighted by atomic mass is 10.1. The third-order valence-corrected chi connectivity index (χ3v) is 2.83. The molecule has 0 fully saturated rings. The van der Waals surface area contributed by atoms with E-state index < -0.39 is 0 Å². The first kappa shape index (κ1) is 13.1. The molecule has 19 heavy (non-hydrogen) atoms. The van der Waals surface area contributed by atoms with Crippen LogP contribution in [0.1, 0.15) is 21.6 Å². The van der Waals surface area contributed by atoms with Crippen LogP contribution in [0.5, 0.6) is 0 Å². The van der Waals surface area contributed by atoms with Crippen LogP contribution in [0, 0.1) is 6.92 Å². The predicted molar refractivity (Wildman–Crippen MR) is 73.8 cm³/mol. The molecule has 0 spiro atoms. The topological polar surface area (TPSA) is 65.2 Å². The summed E-state index contributed by atoms with van der Waals surface area (Å²) in [6, 6.07) is 11.0. The molecule has 2 aromatic rings. The third kappa shape index (κ3) is 3.31. The van der Waals surface area contributed by atoms with Crippen molar-refractivity contribution >= 4 is 11.7 Å². The van der Waals surface area contributed by atoms with Crippen molar-refractivity contribution in [3.63, 3.8) is 0 Å². The van der Waals surface area contributed by atoms with Crippen LogP contribution in [0.4, 0.5) is 5.69 Å². The summed E-state index contributed by atoms with van der Waals surface area (Å²) in [5.74, 6) is -0.383. The summed E-state index contributed by atoms with van der Waals surface area (Å²) in [4.78, 5) is 16.1. The number of hydrogen-bond acceptors (Lipinski definition) is 4. The van der Waals surface area contributed by atoms with Gasteiger partial charge in [-0.05, 0) is 30.7 Å². The molecule has 4 heteroatoms. The SMILES string of the molecule is Cc1cccc(N)c1C(=O)OCCc1ccccn1. The number of hydrogen-bond donors (Lipinski definition) is 1. The average Bonchev–Trinajstić information content (AvgIpc) is 2.40. The van der Waals surface area contributed by atoms with E-state index in [4.69, 9.17) is 10.5 Å². The molecule has 0 aliphatic heterocycles. The highest BCUT2D eigenvalue weighted by atomic mass is 16.5. The van der Waals surface area contributed by atoms with Crippen molar-refractivity contribution in [2.45, 2.75) is 13.3 Å². The number of esters is 1. The van der Waals surface area contributed by atoms with E-state index in [0.717, 1.165) is 11.3 Å². The number of anilines is 1. The first-order valence-corrected chi connectivity index (χ1v) is 6.10. The van der Waals surface area contributed by atoms with Gasteiger partial charge in [0.25, 0.3) is 0 Å². The quantitative estimate of drug-likeness (QED) is 0.673. The normalized spacial score (nSPS) is 10.2. The van der Waals surface area contributed by atoms with Crippen molar-refractivity contribution in [2.75, 3.05) is 12.3 Å². The van der Waals surface area contributed by atoms with Gasteiger partial charge in [-0.2, -0.15) is 0 Å². The molecule has 0 saturated carbocycles. The minimum Gasteiger partial charge on any atom is -0.462 e. The zero-order valence-electron chi connectivity index (χ0n) is 10.8. The molecule has 2 rings (SSSR count). The van der Waals surface area contributed by atoms with Gasteiger partial charge in [0.2, 0.25) is 0 Å². The standard InChI is InChI=1S/C15H16N2O2/c1-11-5-4-7-13(16)14(11)15(18)19-10-8-12-6-2-3-9-17-12/h2-7,9H,8,10,16H2,1H3. The third-order valence-electron chi connectivity index (χ3n) is 2.83. The number of ether oxygens (including phenoxy) is 1. The van der Waals surface area contributed by atoms with Crippen LogP contribution in [0.25, 0.3) is 0 Å². The van der Waals surface area contributed by atoms with E-state index in [-0.39, 0.29) is 5.97 Å². The minimum absolute atomic E-state index is 0.295. The molecule has 98 valence electrons. The Hall–Kier alpha value is -2.36. The lowest BCUT2D eigenvalue weighted by Gasteiger charge is -2.09. The Morgan fingerprint density at radius 3 is 2.79 bits per heavy atom. The van der Waals surface area contributed by atoms with Crippen molar-refractivity contribution in [1.29, 1.82) is 0 Å². The van der Waals surface area contributed by atoms with Gasteiger partial charge in [0, 0.05) is 24.0 Å².